The summed E-state index contributed by atoms with van der Waals surface area (Å²) in [5, 5.41) is 41.4. The number of aromatic amines is 1. The van der Waals surface area contributed by atoms with E-state index in [2.05, 4.69) is 62.5 Å². The van der Waals surface area contributed by atoms with Crippen molar-refractivity contribution < 1.29 is 19.4 Å². The number of aromatic nitrogens is 7. The average Bonchev–Trinajstić information content (AvgIpc) is 3.58. The fraction of sp³-hybridized carbons (Fsp3) is 0.321. The number of hydrogen-bond donors (Lipinski definition) is 5. The van der Waals surface area contributed by atoms with Crippen LogP contribution in [-0.4, -0.2) is 102 Å². The predicted octanol–water partition coefficient (Wildman–Crippen LogP) is 1.60. The first-order valence-corrected chi connectivity index (χ1v) is 14.0. The molecule has 1 atom stereocenters. The van der Waals surface area contributed by atoms with Crippen LogP contribution in [0.5, 0.6) is 0 Å². The van der Waals surface area contributed by atoms with Crippen LogP contribution in [0.3, 0.4) is 0 Å². The molecule has 1 fully saturated rings. The summed E-state index contributed by atoms with van der Waals surface area (Å²) in [4.78, 5) is 41.0. The second-order valence-corrected chi connectivity index (χ2v) is 10.1. The van der Waals surface area contributed by atoms with Gasteiger partial charge in [-0.15, -0.1) is 10.2 Å². The monoisotopic (exact) mass is 613 g/mol. The lowest BCUT2D eigenvalue weighted by molar-refractivity contribution is -0.141. The van der Waals surface area contributed by atoms with Crippen molar-refractivity contribution in [3.05, 3.63) is 71.0 Å². The van der Waals surface area contributed by atoms with E-state index in [-0.39, 0.29) is 30.8 Å². The number of nitriles is 1. The molecule has 2 aromatic carbocycles. The molecule has 17 heteroatoms. The van der Waals surface area contributed by atoms with Crippen molar-refractivity contribution in [2.75, 3.05) is 49.2 Å². The van der Waals surface area contributed by atoms with Gasteiger partial charge in [0.1, 0.15) is 6.04 Å². The number of carbonyl (C=O) groups is 2. The van der Waals surface area contributed by atoms with Crippen LogP contribution in [0.15, 0.2) is 48.5 Å². The van der Waals surface area contributed by atoms with Crippen molar-refractivity contribution in [1.29, 1.82) is 5.26 Å². The molecule has 1 saturated heterocycles. The Morgan fingerprint density at radius 1 is 1.04 bits per heavy atom. The van der Waals surface area contributed by atoms with Gasteiger partial charge in [0.05, 0.1) is 25.3 Å². The maximum Gasteiger partial charge on any atom is 0.407 e. The minimum Gasteiger partial charge on any atom is -0.467 e. The van der Waals surface area contributed by atoms with Gasteiger partial charge in [0.15, 0.2) is 5.82 Å². The zero-order valence-electron chi connectivity index (χ0n) is 24.3. The molecular weight excluding hydrogens is 582 g/mol. The molecule has 0 bridgehead atoms. The molecule has 45 heavy (non-hydrogen) atoms. The lowest BCUT2D eigenvalue weighted by Crippen LogP contribution is -2.47. The van der Waals surface area contributed by atoms with E-state index in [0.717, 1.165) is 16.8 Å². The van der Waals surface area contributed by atoms with Crippen molar-refractivity contribution in [1.82, 2.24) is 45.4 Å². The molecule has 3 heterocycles. The predicted molar refractivity (Wildman–Crippen MR) is 160 cm³/mol. The number of carbonyl (C=O) groups excluding carboxylic acids is 1. The number of benzene rings is 2. The average molecular weight is 614 g/mol. The Bertz CT molecular complexity index is 1640. The van der Waals surface area contributed by atoms with Crippen LogP contribution in [0.2, 0.25) is 0 Å². The fourth-order valence-electron chi connectivity index (χ4n) is 4.67. The molecule has 1 aliphatic heterocycles. The first-order valence-electron chi connectivity index (χ1n) is 14.0. The normalized spacial score (nSPS) is 13.8. The van der Waals surface area contributed by atoms with E-state index in [9.17, 15) is 14.7 Å². The first kappa shape index (κ1) is 30.6. The minimum atomic E-state index is -0.898. The zero-order valence-corrected chi connectivity index (χ0v) is 24.3. The fourth-order valence-corrected chi connectivity index (χ4v) is 4.67. The second kappa shape index (κ2) is 14.5. The van der Waals surface area contributed by atoms with Gasteiger partial charge in [-0.2, -0.15) is 25.4 Å². The summed E-state index contributed by atoms with van der Waals surface area (Å²) in [5.74, 6) is 0.378. The summed E-state index contributed by atoms with van der Waals surface area (Å²) in [6.07, 6.45) is -0.647. The van der Waals surface area contributed by atoms with Gasteiger partial charge >= 0.3 is 12.1 Å². The van der Waals surface area contributed by atoms with E-state index in [1.165, 1.54) is 12.0 Å². The Morgan fingerprint density at radius 3 is 2.49 bits per heavy atom. The maximum absolute atomic E-state index is 12.7. The molecular formula is C28H31N13O4. The largest absolute Gasteiger partial charge is 0.467 e. The highest BCUT2D eigenvalue weighted by Gasteiger charge is 2.23. The topological polar surface area (TPSA) is 223 Å². The van der Waals surface area contributed by atoms with Gasteiger partial charge in [0, 0.05) is 44.8 Å². The molecule has 232 valence electrons. The van der Waals surface area contributed by atoms with Crippen LogP contribution in [-0.2, 0) is 29.0 Å². The zero-order chi connectivity index (χ0) is 31.6. The van der Waals surface area contributed by atoms with Crippen molar-refractivity contribution in [3.8, 4) is 6.07 Å². The molecule has 4 aromatic rings. The molecule has 0 aliphatic carbocycles. The van der Waals surface area contributed by atoms with Crippen LogP contribution < -0.4 is 16.0 Å². The van der Waals surface area contributed by atoms with Gasteiger partial charge in [0.25, 0.3) is 0 Å². The molecule has 0 saturated carbocycles. The standard InChI is InChI=1S/C28H31N13O4/c1-45-24(42)22(14-18-5-7-19(15-29)8-6-18)32-27-34-25(30-16-23-36-38-39-37-23)33-26(35-27)31-21-4-2-3-20(13-21)17-40-9-11-41(12-10-40)28(43)44/h2-8,13,22H,9-12,14,16-17H2,1H3,(H,43,44)(H,36,37,38,39)(H3,30,31,32,33,34,35)/t22-/m0/s1. The van der Waals surface area contributed by atoms with Crippen molar-refractivity contribution in [2.45, 2.75) is 25.6 Å². The van der Waals surface area contributed by atoms with Crippen LogP contribution in [0, 0.1) is 11.3 Å². The summed E-state index contributed by atoms with van der Waals surface area (Å²) in [6.45, 7) is 3.05. The number of tetrazole rings is 1. The maximum atomic E-state index is 12.7. The Kier molecular flexibility index (Phi) is 9.87. The number of ether oxygens (including phenoxy) is 1. The molecule has 0 unspecified atom stereocenters. The third kappa shape index (κ3) is 8.58. The van der Waals surface area contributed by atoms with E-state index in [1.54, 1.807) is 24.3 Å². The van der Waals surface area contributed by atoms with E-state index < -0.39 is 18.1 Å². The van der Waals surface area contributed by atoms with E-state index >= 15 is 0 Å². The highest BCUT2D eigenvalue weighted by molar-refractivity contribution is 5.79. The van der Waals surface area contributed by atoms with E-state index in [0.29, 0.717) is 44.1 Å². The number of amides is 1. The van der Waals surface area contributed by atoms with Crippen molar-refractivity contribution in [2.24, 2.45) is 0 Å². The van der Waals surface area contributed by atoms with Gasteiger partial charge in [-0.05, 0) is 35.4 Å². The number of rotatable bonds is 12. The minimum absolute atomic E-state index is 0.111. The number of esters is 1. The molecule has 5 N–H and O–H groups in total. The number of hydrogen-bond acceptors (Lipinski definition) is 14. The third-order valence-electron chi connectivity index (χ3n) is 6.97. The Labute approximate surface area is 257 Å². The number of nitrogens with zero attached hydrogens (tertiary/aromatic N) is 9. The van der Waals surface area contributed by atoms with E-state index in [1.807, 2.05) is 24.3 Å². The van der Waals surface area contributed by atoms with Gasteiger partial charge in [0.2, 0.25) is 17.8 Å². The van der Waals surface area contributed by atoms with Gasteiger partial charge < -0.3 is 30.7 Å². The van der Waals surface area contributed by atoms with Crippen LogP contribution in [0.25, 0.3) is 0 Å². The molecule has 2 aromatic heterocycles. The Balaban J connectivity index is 1.34. The van der Waals surface area contributed by atoms with Crippen molar-refractivity contribution >= 4 is 35.6 Å². The number of nitrogens with one attached hydrogen (secondary N) is 4. The number of anilines is 4. The number of H-pyrrole nitrogens is 1. The van der Waals surface area contributed by atoms with Crippen LogP contribution in [0.1, 0.15) is 22.5 Å². The van der Waals surface area contributed by atoms with Gasteiger partial charge in [-0.25, -0.2) is 9.59 Å². The molecule has 5 rings (SSSR count). The van der Waals surface area contributed by atoms with Crippen molar-refractivity contribution in [3.63, 3.8) is 0 Å². The SMILES string of the molecule is COC(=O)[C@H](Cc1ccc(C#N)cc1)Nc1nc(NCc2nn[nH]n2)nc(Nc2cccc(CN3CCN(C(=O)O)CC3)c2)n1. The van der Waals surface area contributed by atoms with Crippen LogP contribution in [0.4, 0.5) is 28.3 Å². The first-order chi connectivity index (χ1) is 21.9. The summed E-state index contributed by atoms with van der Waals surface area (Å²) >= 11 is 0. The molecule has 1 aliphatic rings. The highest BCUT2D eigenvalue weighted by Crippen LogP contribution is 2.20. The summed E-state index contributed by atoms with van der Waals surface area (Å²) in [6, 6.07) is 15.9. The van der Waals surface area contributed by atoms with Gasteiger partial charge in [-0.3, -0.25) is 4.90 Å². The lowest BCUT2D eigenvalue weighted by Gasteiger charge is -2.33. The summed E-state index contributed by atoms with van der Waals surface area (Å²) < 4.78 is 5.03. The van der Waals surface area contributed by atoms with Gasteiger partial charge in [-0.1, -0.05) is 29.5 Å². The Morgan fingerprint density at radius 2 is 1.80 bits per heavy atom. The third-order valence-corrected chi connectivity index (χ3v) is 6.97. The summed E-state index contributed by atoms with van der Waals surface area (Å²) in [7, 11) is 1.30. The lowest BCUT2D eigenvalue weighted by atomic mass is 10.0. The number of carboxylic acid groups (broad SMARTS) is 1. The second-order valence-electron chi connectivity index (χ2n) is 10.1. The molecule has 17 nitrogen and oxygen atoms in total. The molecule has 0 spiro atoms. The summed E-state index contributed by atoms with van der Waals surface area (Å²) in [5.41, 5.74) is 3.07. The molecule has 0 radical (unpaired) electrons. The smallest absolute Gasteiger partial charge is 0.407 e. The Hall–Kier alpha value is -5.89. The van der Waals surface area contributed by atoms with E-state index in [4.69, 9.17) is 10.00 Å². The molecule has 1 amide bonds. The van der Waals surface area contributed by atoms with Crippen LogP contribution >= 0.6 is 0 Å². The highest BCUT2D eigenvalue weighted by atomic mass is 16.5. The number of methoxy groups -OCH3 is 1. The quantitative estimate of drug-likeness (QED) is 0.143. The number of piperazine rings is 1.